The number of rotatable bonds is 7. The zero-order valence-electron chi connectivity index (χ0n) is 13.0. The number of para-hydroxylation sites is 1. The van der Waals surface area contributed by atoms with Gasteiger partial charge in [-0.1, -0.05) is 18.2 Å². The van der Waals surface area contributed by atoms with Crippen LogP contribution in [0.3, 0.4) is 0 Å². The summed E-state index contributed by atoms with van der Waals surface area (Å²) in [4.78, 5) is 1.98. The molecule has 114 valence electrons. The van der Waals surface area contributed by atoms with E-state index in [9.17, 15) is 5.11 Å². The summed E-state index contributed by atoms with van der Waals surface area (Å²) in [5.74, 6) is 0. The van der Waals surface area contributed by atoms with Gasteiger partial charge in [0.15, 0.2) is 0 Å². The van der Waals surface area contributed by atoms with Gasteiger partial charge in [0, 0.05) is 31.4 Å². The molecule has 1 atom stereocenters. The van der Waals surface area contributed by atoms with E-state index in [4.69, 9.17) is 0 Å². The number of aryl methyl sites for hydroxylation is 1. The van der Waals surface area contributed by atoms with E-state index in [-0.39, 0.29) is 6.10 Å². The Bertz CT molecular complexity index is 551. The number of hydrogen-bond acceptors (Lipinski definition) is 4. The summed E-state index contributed by atoms with van der Waals surface area (Å²) < 4.78 is 1.89. The number of aliphatic hydroxyl groups excluding tert-OH is 1. The molecule has 1 unspecified atom stereocenters. The summed E-state index contributed by atoms with van der Waals surface area (Å²) in [7, 11) is 3.91. The van der Waals surface area contributed by atoms with Gasteiger partial charge in [-0.05, 0) is 33.2 Å². The van der Waals surface area contributed by atoms with Gasteiger partial charge in [-0.25, -0.2) is 4.68 Å². The lowest BCUT2D eigenvalue weighted by atomic mass is 10.2. The quantitative estimate of drug-likeness (QED) is 0.804. The lowest BCUT2D eigenvalue weighted by molar-refractivity contribution is 0.134. The fraction of sp³-hybridized carbons (Fsp3) is 0.438. The molecule has 21 heavy (non-hydrogen) atoms. The number of nitrogens with one attached hydrogen (secondary N) is 1. The van der Waals surface area contributed by atoms with Gasteiger partial charge in [-0.15, -0.1) is 0 Å². The molecule has 0 aliphatic heterocycles. The molecule has 5 nitrogen and oxygen atoms in total. The third-order valence-electron chi connectivity index (χ3n) is 3.29. The predicted molar refractivity (Wildman–Crippen MR) is 84.6 cm³/mol. The molecule has 2 rings (SSSR count). The summed E-state index contributed by atoms with van der Waals surface area (Å²) in [6.07, 6.45) is 1.68. The normalized spacial score (nSPS) is 12.8. The van der Waals surface area contributed by atoms with E-state index >= 15 is 0 Å². The van der Waals surface area contributed by atoms with E-state index in [1.807, 2.05) is 67.1 Å². The molecule has 0 aliphatic carbocycles. The SMILES string of the molecule is Cc1nn(-c2ccccc2)cc1CNCC(O)CN(C)C. The van der Waals surface area contributed by atoms with Crippen LogP contribution in [0.25, 0.3) is 5.69 Å². The van der Waals surface area contributed by atoms with Gasteiger partial charge in [0.2, 0.25) is 0 Å². The van der Waals surface area contributed by atoms with Crippen molar-refractivity contribution in [3.63, 3.8) is 0 Å². The summed E-state index contributed by atoms with van der Waals surface area (Å²) in [5.41, 5.74) is 3.21. The average molecular weight is 288 g/mol. The first kappa shape index (κ1) is 15.7. The highest BCUT2D eigenvalue weighted by Gasteiger charge is 2.08. The maximum atomic E-state index is 9.83. The maximum Gasteiger partial charge on any atom is 0.0791 e. The van der Waals surface area contributed by atoms with E-state index in [2.05, 4.69) is 10.4 Å². The van der Waals surface area contributed by atoms with E-state index in [0.29, 0.717) is 19.6 Å². The number of hydrogen-bond donors (Lipinski definition) is 2. The van der Waals surface area contributed by atoms with Crippen LogP contribution < -0.4 is 5.32 Å². The monoisotopic (exact) mass is 288 g/mol. The van der Waals surface area contributed by atoms with E-state index in [1.165, 1.54) is 0 Å². The molecule has 1 aromatic carbocycles. The fourth-order valence-corrected chi connectivity index (χ4v) is 2.24. The molecule has 0 spiro atoms. The Morgan fingerprint density at radius 1 is 1.29 bits per heavy atom. The summed E-state index contributed by atoms with van der Waals surface area (Å²) >= 11 is 0. The van der Waals surface area contributed by atoms with Crippen LogP contribution in [-0.4, -0.2) is 53.1 Å². The van der Waals surface area contributed by atoms with Gasteiger partial charge in [-0.2, -0.15) is 5.10 Å². The first-order chi connectivity index (χ1) is 10.1. The number of aliphatic hydroxyl groups is 1. The van der Waals surface area contributed by atoms with Crippen LogP contribution in [0.4, 0.5) is 0 Å². The maximum absolute atomic E-state index is 9.83. The third kappa shape index (κ3) is 4.67. The second-order valence-electron chi connectivity index (χ2n) is 5.57. The Labute approximate surface area is 126 Å². The molecule has 0 aliphatic rings. The minimum Gasteiger partial charge on any atom is -0.390 e. The highest BCUT2D eigenvalue weighted by atomic mass is 16.3. The van der Waals surface area contributed by atoms with Crippen molar-refractivity contribution in [3.05, 3.63) is 47.8 Å². The second-order valence-corrected chi connectivity index (χ2v) is 5.57. The molecule has 5 heteroatoms. The fourth-order valence-electron chi connectivity index (χ4n) is 2.24. The van der Waals surface area contributed by atoms with Crippen molar-refractivity contribution in [3.8, 4) is 5.69 Å². The molecule has 0 radical (unpaired) electrons. The van der Waals surface area contributed by atoms with Crippen molar-refractivity contribution in [1.29, 1.82) is 0 Å². The molecule has 0 saturated heterocycles. The van der Waals surface area contributed by atoms with Gasteiger partial charge < -0.3 is 15.3 Å². The zero-order chi connectivity index (χ0) is 15.2. The van der Waals surface area contributed by atoms with Crippen molar-refractivity contribution in [2.45, 2.75) is 19.6 Å². The van der Waals surface area contributed by atoms with E-state index in [0.717, 1.165) is 16.9 Å². The molecule has 2 N–H and O–H groups in total. The van der Waals surface area contributed by atoms with Crippen molar-refractivity contribution >= 4 is 0 Å². The highest BCUT2D eigenvalue weighted by molar-refractivity contribution is 5.32. The van der Waals surface area contributed by atoms with Crippen LogP contribution in [0, 0.1) is 6.92 Å². The van der Waals surface area contributed by atoms with Gasteiger partial charge in [-0.3, -0.25) is 0 Å². The highest BCUT2D eigenvalue weighted by Crippen LogP contribution is 2.11. The molecular formula is C16H24N4O. The van der Waals surface area contributed by atoms with E-state index in [1.54, 1.807) is 0 Å². The van der Waals surface area contributed by atoms with Crippen LogP contribution in [0.1, 0.15) is 11.3 Å². The topological polar surface area (TPSA) is 53.3 Å². The molecule has 1 aromatic heterocycles. The van der Waals surface area contributed by atoms with Crippen LogP contribution >= 0.6 is 0 Å². The van der Waals surface area contributed by atoms with Gasteiger partial charge >= 0.3 is 0 Å². The molecule has 1 heterocycles. The lowest BCUT2D eigenvalue weighted by Crippen LogP contribution is -2.34. The number of likely N-dealkylation sites (N-methyl/N-ethyl adjacent to an activating group) is 1. The summed E-state index contributed by atoms with van der Waals surface area (Å²) in [6.45, 7) is 3.96. The Morgan fingerprint density at radius 2 is 2.00 bits per heavy atom. The van der Waals surface area contributed by atoms with Crippen molar-refractivity contribution in [2.24, 2.45) is 0 Å². The summed E-state index contributed by atoms with van der Waals surface area (Å²) in [6, 6.07) is 10.1. The van der Waals surface area contributed by atoms with Crippen LogP contribution in [0.15, 0.2) is 36.5 Å². The first-order valence-corrected chi connectivity index (χ1v) is 7.20. The van der Waals surface area contributed by atoms with Gasteiger partial charge in [0.1, 0.15) is 0 Å². The zero-order valence-corrected chi connectivity index (χ0v) is 13.0. The Balaban J connectivity index is 1.91. The van der Waals surface area contributed by atoms with Crippen molar-refractivity contribution < 1.29 is 5.11 Å². The predicted octanol–water partition coefficient (Wildman–Crippen LogP) is 1.19. The number of nitrogens with zero attached hydrogens (tertiary/aromatic N) is 3. The Kier molecular flexibility index (Phi) is 5.50. The Hall–Kier alpha value is -1.69. The molecule has 2 aromatic rings. The Morgan fingerprint density at radius 3 is 2.67 bits per heavy atom. The van der Waals surface area contributed by atoms with Crippen LogP contribution in [0.5, 0.6) is 0 Å². The molecule has 0 amide bonds. The minimum absolute atomic E-state index is 0.357. The van der Waals surface area contributed by atoms with Gasteiger partial charge in [0.05, 0.1) is 17.5 Å². The molecule has 0 saturated carbocycles. The number of benzene rings is 1. The number of aromatic nitrogens is 2. The first-order valence-electron chi connectivity index (χ1n) is 7.20. The molecule has 0 fully saturated rings. The third-order valence-corrected chi connectivity index (χ3v) is 3.29. The van der Waals surface area contributed by atoms with Gasteiger partial charge in [0.25, 0.3) is 0 Å². The average Bonchev–Trinajstić information content (AvgIpc) is 2.80. The van der Waals surface area contributed by atoms with Crippen molar-refractivity contribution in [1.82, 2.24) is 20.0 Å². The van der Waals surface area contributed by atoms with Crippen LogP contribution in [0.2, 0.25) is 0 Å². The smallest absolute Gasteiger partial charge is 0.0791 e. The van der Waals surface area contributed by atoms with Crippen molar-refractivity contribution in [2.75, 3.05) is 27.2 Å². The van der Waals surface area contributed by atoms with E-state index < -0.39 is 0 Å². The standard InChI is InChI=1S/C16H24N4O/c1-13-14(9-17-10-16(21)12-19(2)3)11-20(18-13)15-7-5-4-6-8-15/h4-8,11,16-17,21H,9-10,12H2,1-3H3. The molecule has 0 bridgehead atoms. The second kappa shape index (κ2) is 7.36. The largest absolute Gasteiger partial charge is 0.390 e. The minimum atomic E-state index is -0.357. The van der Waals surface area contributed by atoms with Crippen LogP contribution in [-0.2, 0) is 6.54 Å². The molecular weight excluding hydrogens is 264 g/mol. The summed E-state index contributed by atoms with van der Waals surface area (Å²) in [5, 5.41) is 17.6. The lowest BCUT2D eigenvalue weighted by Gasteiger charge is -2.16.